The van der Waals surface area contributed by atoms with Crippen molar-refractivity contribution in [2.24, 2.45) is 11.7 Å². The minimum atomic E-state index is -0.227. The van der Waals surface area contributed by atoms with Crippen LogP contribution in [0.2, 0.25) is 0 Å². The van der Waals surface area contributed by atoms with Gasteiger partial charge in [0, 0.05) is 12.8 Å². The molecule has 0 radical (unpaired) electrons. The Balaban J connectivity index is 2.31. The second kappa shape index (κ2) is 7.41. The summed E-state index contributed by atoms with van der Waals surface area (Å²) in [6.07, 6.45) is 1.84. The van der Waals surface area contributed by atoms with Crippen LogP contribution in [0.25, 0.3) is 0 Å². The molecule has 0 saturated carbocycles. The normalized spacial score (nSPS) is 9.89. The van der Waals surface area contributed by atoms with Crippen LogP contribution in [-0.4, -0.2) is 11.8 Å². The van der Waals surface area contributed by atoms with Crippen LogP contribution in [0.3, 0.4) is 0 Å². The molecule has 0 heterocycles. The van der Waals surface area contributed by atoms with E-state index in [2.05, 4.69) is 0 Å². The summed E-state index contributed by atoms with van der Waals surface area (Å²) in [5, 5.41) is 1.13. The number of nitrogens with two attached hydrogens (primary N) is 2. The van der Waals surface area contributed by atoms with Crippen LogP contribution in [0.5, 0.6) is 0 Å². The van der Waals surface area contributed by atoms with E-state index in [-0.39, 0.29) is 11.8 Å². The number of hydrogen-bond acceptors (Lipinski definition) is 4. The molecule has 98 valence electrons. The summed E-state index contributed by atoms with van der Waals surface area (Å²) in [5.74, 6) is 10.2. The molecule has 0 fully saturated rings. The molecule has 0 aromatic heterocycles. The zero-order valence-electron chi connectivity index (χ0n) is 10.1. The van der Waals surface area contributed by atoms with E-state index in [4.69, 9.17) is 11.7 Å². The lowest BCUT2D eigenvalue weighted by Crippen LogP contribution is -2.37. The number of amides is 2. The molecule has 6 heteroatoms. The van der Waals surface area contributed by atoms with Gasteiger partial charge in [-0.05, 0) is 25.0 Å². The van der Waals surface area contributed by atoms with Gasteiger partial charge in [-0.25, -0.2) is 16.7 Å². The van der Waals surface area contributed by atoms with Crippen molar-refractivity contribution < 1.29 is 9.59 Å². The number of carbonyl (C=O) groups is 2. The minimum Gasteiger partial charge on any atom is -0.294 e. The second-order valence-corrected chi connectivity index (χ2v) is 3.87. The second-order valence-electron chi connectivity index (χ2n) is 3.87. The highest BCUT2D eigenvalue weighted by Crippen LogP contribution is 2.11. The molecule has 0 unspecified atom stereocenters. The van der Waals surface area contributed by atoms with E-state index in [0.29, 0.717) is 31.4 Å². The Hall–Kier alpha value is -1.92. The van der Waals surface area contributed by atoms with Crippen molar-refractivity contribution in [2.75, 3.05) is 5.01 Å². The van der Waals surface area contributed by atoms with Crippen LogP contribution < -0.4 is 22.1 Å². The molecule has 2 amide bonds. The van der Waals surface area contributed by atoms with Crippen molar-refractivity contribution in [1.82, 2.24) is 5.43 Å². The molecule has 6 nitrogen and oxygen atoms in total. The van der Waals surface area contributed by atoms with Gasteiger partial charge in [-0.2, -0.15) is 0 Å². The van der Waals surface area contributed by atoms with Crippen LogP contribution >= 0.6 is 0 Å². The topological polar surface area (TPSA) is 101 Å². The highest BCUT2D eigenvalue weighted by atomic mass is 16.2. The maximum Gasteiger partial charge on any atom is 0.241 e. The van der Waals surface area contributed by atoms with Crippen LogP contribution in [0.15, 0.2) is 30.3 Å². The van der Waals surface area contributed by atoms with Gasteiger partial charge in [0.05, 0.1) is 5.69 Å². The molecule has 1 aromatic carbocycles. The zero-order chi connectivity index (χ0) is 13.4. The standard InChI is InChI=1S/C12H18N4O2/c13-15-11(17)8-4-5-9-12(18)16(14)10-6-2-1-3-7-10/h1-3,6-7H,4-5,8-9,13-14H2,(H,15,17). The van der Waals surface area contributed by atoms with Gasteiger partial charge in [0.1, 0.15) is 0 Å². The number of para-hydroxylation sites is 1. The average Bonchev–Trinajstić information content (AvgIpc) is 2.43. The van der Waals surface area contributed by atoms with E-state index in [1.807, 2.05) is 23.6 Å². The molecule has 0 bridgehead atoms. The van der Waals surface area contributed by atoms with Crippen molar-refractivity contribution in [2.45, 2.75) is 25.7 Å². The third kappa shape index (κ3) is 4.52. The van der Waals surface area contributed by atoms with Gasteiger partial charge < -0.3 is 0 Å². The van der Waals surface area contributed by atoms with Crippen molar-refractivity contribution in [3.63, 3.8) is 0 Å². The fraction of sp³-hybridized carbons (Fsp3) is 0.333. The van der Waals surface area contributed by atoms with Crippen LogP contribution in [-0.2, 0) is 9.59 Å². The van der Waals surface area contributed by atoms with Crippen molar-refractivity contribution >= 4 is 17.5 Å². The lowest BCUT2D eigenvalue weighted by molar-refractivity contribution is -0.122. The first-order valence-corrected chi connectivity index (χ1v) is 5.77. The Morgan fingerprint density at radius 1 is 1.11 bits per heavy atom. The first-order chi connectivity index (χ1) is 8.65. The highest BCUT2D eigenvalue weighted by molar-refractivity contribution is 5.92. The number of carbonyl (C=O) groups excluding carboxylic acids is 2. The van der Waals surface area contributed by atoms with Gasteiger partial charge in [-0.1, -0.05) is 18.2 Å². The van der Waals surface area contributed by atoms with Crippen molar-refractivity contribution in [3.05, 3.63) is 30.3 Å². The number of anilines is 1. The lowest BCUT2D eigenvalue weighted by atomic mass is 10.1. The molecule has 1 rings (SSSR count). The monoisotopic (exact) mass is 250 g/mol. The van der Waals surface area contributed by atoms with Gasteiger partial charge >= 0.3 is 0 Å². The molecule has 0 spiro atoms. The first kappa shape index (κ1) is 14.1. The van der Waals surface area contributed by atoms with Crippen LogP contribution in [0.1, 0.15) is 25.7 Å². The van der Waals surface area contributed by atoms with E-state index in [0.717, 1.165) is 5.01 Å². The van der Waals surface area contributed by atoms with E-state index >= 15 is 0 Å². The maximum atomic E-state index is 11.7. The molecule has 0 atom stereocenters. The Morgan fingerprint density at radius 3 is 2.33 bits per heavy atom. The van der Waals surface area contributed by atoms with Crippen LogP contribution in [0, 0.1) is 0 Å². The quantitative estimate of drug-likeness (QED) is 0.295. The number of nitrogens with one attached hydrogen (secondary N) is 1. The van der Waals surface area contributed by atoms with Crippen LogP contribution in [0.4, 0.5) is 5.69 Å². The van der Waals surface area contributed by atoms with Gasteiger partial charge in [0.25, 0.3) is 0 Å². The number of benzene rings is 1. The Morgan fingerprint density at radius 2 is 1.72 bits per heavy atom. The molecule has 0 saturated heterocycles. The van der Waals surface area contributed by atoms with Gasteiger partial charge in [-0.15, -0.1) is 0 Å². The number of hydrazine groups is 2. The minimum absolute atomic E-state index is 0.172. The van der Waals surface area contributed by atoms with Gasteiger partial charge in [0.2, 0.25) is 11.8 Å². The van der Waals surface area contributed by atoms with Gasteiger partial charge in [0.15, 0.2) is 0 Å². The summed E-state index contributed by atoms with van der Waals surface area (Å²) >= 11 is 0. The number of hydrogen-bond donors (Lipinski definition) is 3. The van der Waals surface area contributed by atoms with Crippen molar-refractivity contribution in [1.29, 1.82) is 0 Å². The van der Waals surface area contributed by atoms with E-state index in [1.54, 1.807) is 12.1 Å². The molecular formula is C12H18N4O2. The Labute approximate surface area is 106 Å². The molecular weight excluding hydrogens is 232 g/mol. The summed E-state index contributed by atoms with van der Waals surface area (Å²) in [7, 11) is 0. The molecule has 18 heavy (non-hydrogen) atoms. The van der Waals surface area contributed by atoms with E-state index in [1.165, 1.54) is 0 Å². The third-order valence-corrected chi connectivity index (χ3v) is 2.51. The van der Waals surface area contributed by atoms with E-state index in [9.17, 15) is 9.59 Å². The lowest BCUT2D eigenvalue weighted by Gasteiger charge is -2.16. The number of unbranched alkanes of at least 4 members (excludes halogenated alkanes) is 1. The molecule has 1 aromatic rings. The fourth-order valence-electron chi connectivity index (χ4n) is 1.49. The third-order valence-electron chi connectivity index (χ3n) is 2.51. The number of nitrogens with zero attached hydrogens (tertiary/aromatic N) is 1. The average molecular weight is 250 g/mol. The molecule has 0 aliphatic carbocycles. The van der Waals surface area contributed by atoms with Crippen molar-refractivity contribution in [3.8, 4) is 0 Å². The molecule has 0 aliphatic rings. The van der Waals surface area contributed by atoms with E-state index < -0.39 is 0 Å². The fourth-order valence-corrected chi connectivity index (χ4v) is 1.49. The summed E-state index contributed by atoms with van der Waals surface area (Å²) in [5.41, 5.74) is 2.70. The largest absolute Gasteiger partial charge is 0.294 e. The molecule has 0 aliphatic heterocycles. The highest BCUT2D eigenvalue weighted by Gasteiger charge is 2.10. The van der Waals surface area contributed by atoms with Gasteiger partial charge in [-0.3, -0.25) is 15.0 Å². The Kier molecular flexibility index (Phi) is 5.83. The number of rotatable bonds is 6. The predicted octanol–water partition coefficient (Wildman–Crippen LogP) is 0.444. The Bertz CT molecular complexity index is 394. The first-order valence-electron chi connectivity index (χ1n) is 5.77. The summed E-state index contributed by atoms with van der Waals surface area (Å²) in [6, 6.07) is 9.01. The smallest absolute Gasteiger partial charge is 0.241 e. The predicted molar refractivity (Wildman–Crippen MR) is 68.9 cm³/mol. The molecule has 5 N–H and O–H groups in total. The summed E-state index contributed by atoms with van der Waals surface area (Å²) in [4.78, 5) is 22.6. The zero-order valence-corrected chi connectivity index (χ0v) is 10.1. The summed E-state index contributed by atoms with van der Waals surface area (Å²) < 4.78 is 0. The maximum absolute atomic E-state index is 11.7. The summed E-state index contributed by atoms with van der Waals surface area (Å²) in [6.45, 7) is 0. The SMILES string of the molecule is NNC(=O)CCCCC(=O)N(N)c1ccccc1.